The fourth-order valence-corrected chi connectivity index (χ4v) is 1.74. The van der Waals surface area contributed by atoms with E-state index in [9.17, 15) is 5.11 Å². The number of nitrogens with one attached hydrogen (secondary N) is 1. The van der Waals surface area contributed by atoms with Crippen LogP contribution in [0.15, 0.2) is 18.2 Å². The van der Waals surface area contributed by atoms with E-state index in [2.05, 4.69) is 19.2 Å². The third kappa shape index (κ3) is 5.27. The third-order valence-corrected chi connectivity index (χ3v) is 2.74. The van der Waals surface area contributed by atoms with Crippen molar-refractivity contribution in [1.29, 1.82) is 0 Å². The largest absolute Gasteiger partial charge is 0.493 e. The van der Waals surface area contributed by atoms with Crippen molar-refractivity contribution in [2.24, 2.45) is 5.92 Å². The lowest BCUT2D eigenvalue weighted by atomic mass is 10.2. The van der Waals surface area contributed by atoms with E-state index in [-0.39, 0.29) is 6.61 Å². The Morgan fingerprint density at radius 2 is 1.70 bits per heavy atom. The number of ether oxygens (including phenoxy) is 3. The summed E-state index contributed by atoms with van der Waals surface area (Å²) in [7, 11) is 3.14. The average molecular weight is 283 g/mol. The van der Waals surface area contributed by atoms with Gasteiger partial charge in [0.15, 0.2) is 11.5 Å². The summed E-state index contributed by atoms with van der Waals surface area (Å²) in [5.74, 6) is 2.25. The first kappa shape index (κ1) is 16.6. The maximum atomic E-state index is 9.88. The first-order valence-corrected chi connectivity index (χ1v) is 6.81. The number of para-hydroxylation sites is 1. The molecule has 5 nitrogen and oxygen atoms in total. The molecule has 1 aromatic rings. The Bertz CT molecular complexity index is 373. The van der Waals surface area contributed by atoms with E-state index in [0.29, 0.717) is 29.7 Å². The molecule has 0 aromatic heterocycles. The Morgan fingerprint density at radius 3 is 2.20 bits per heavy atom. The first-order chi connectivity index (χ1) is 9.58. The smallest absolute Gasteiger partial charge is 0.203 e. The molecular formula is C15H25NO4. The number of hydrogen-bond donors (Lipinski definition) is 2. The molecule has 1 rings (SSSR count). The Balaban J connectivity index is 2.52. The molecule has 0 bridgehead atoms. The molecule has 5 heteroatoms. The van der Waals surface area contributed by atoms with Gasteiger partial charge in [0.1, 0.15) is 12.7 Å². The third-order valence-electron chi connectivity index (χ3n) is 2.74. The van der Waals surface area contributed by atoms with E-state index in [1.165, 1.54) is 0 Å². The van der Waals surface area contributed by atoms with Crippen LogP contribution < -0.4 is 19.5 Å². The number of aliphatic hydroxyl groups excluding tert-OH is 1. The van der Waals surface area contributed by atoms with Gasteiger partial charge in [0, 0.05) is 6.54 Å². The van der Waals surface area contributed by atoms with Crippen LogP contribution >= 0.6 is 0 Å². The van der Waals surface area contributed by atoms with Crippen LogP contribution in [0.25, 0.3) is 0 Å². The zero-order valence-electron chi connectivity index (χ0n) is 12.7. The molecule has 1 aromatic carbocycles. The predicted octanol–water partition coefficient (Wildman–Crippen LogP) is 1.69. The van der Waals surface area contributed by atoms with Crippen molar-refractivity contribution >= 4 is 0 Å². The molecule has 2 N–H and O–H groups in total. The molecule has 20 heavy (non-hydrogen) atoms. The second-order valence-corrected chi connectivity index (χ2v) is 5.01. The fourth-order valence-electron chi connectivity index (χ4n) is 1.74. The lowest BCUT2D eigenvalue weighted by Crippen LogP contribution is -2.33. The standard InChI is InChI=1S/C15H25NO4/c1-11(2)8-16-9-12(17)10-20-15-13(18-3)6-5-7-14(15)19-4/h5-7,11-12,16-17H,8-10H2,1-4H3. The predicted molar refractivity (Wildman–Crippen MR) is 78.8 cm³/mol. The highest BCUT2D eigenvalue weighted by molar-refractivity contribution is 5.51. The van der Waals surface area contributed by atoms with Crippen LogP contribution in [0.1, 0.15) is 13.8 Å². The van der Waals surface area contributed by atoms with Crippen molar-refractivity contribution in [1.82, 2.24) is 5.32 Å². The molecule has 0 spiro atoms. The van der Waals surface area contributed by atoms with E-state index >= 15 is 0 Å². The van der Waals surface area contributed by atoms with E-state index in [0.717, 1.165) is 6.54 Å². The van der Waals surface area contributed by atoms with E-state index in [1.807, 2.05) is 6.07 Å². The maximum Gasteiger partial charge on any atom is 0.203 e. The van der Waals surface area contributed by atoms with Gasteiger partial charge in [0.25, 0.3) is 0 Å². The zero-order chi connectivity index (χ0) is 15.0. The van der Waals surface area contributed by atoms with Crippen molar-refractivity contribution in [2.75, 3.05) is 33.9 Å². The second kappa shape index (κ2) is 8.66. The summed E-state index contributed by atoms with van der Waals surface area (Å²) in [6.07, 6.45) is -0.580. The van der Waals surface area contributed by atoms with Gasteiger partial charge in [0.2, 0.25) is 5.75 Å². The lowest BCUT2D eigenvalue weighted by molar-refractivity contribution is 0.102. The molecule has 0 fully saturated rings. The molecule has 0 saturated carbocycles. The highest BCUT2D eigenvalue weighted by Gasteiger charge is 2.13. The quantitative estimate of drug-likeness (QED) is 0.722. The van der Waals surface area contributed by atoms with Crippen LogP contribution in [0.2, 0.25) is 0 Å². The van der Waals surface area contributed by atoms with Gasteiger partial charge in [-0.1, -0.05) is 19.9 Å². The van der Waals surface area contributed by atoms with Gasteiger partial charge in [-0.05, 0) is 24.6 Å². The molecular weight excluding hydrogens is 258 g/mol. The van der Waals surface area contributed by atoms with Crippen LogP contribution in [0, 0.1) is 5.92 Å². The van der Waals surface area contributed by atoms with Crippen molar-refractivity contribution in [3.05, 3.63) is 18.2 Å². The maximum absolute atomic E-state index is 9.88. The van der Waals surface area contributed by atoms with Crippen LogP contribution in [0.3, 0.4) is 0 Å². The van der Waals surface area contributed by atoms with Crippen molar-refractivity contribution in [3.8, 4) is 17.2 Å². The molecule has 1 atom stereocenters. The number of rotatable bonds is 9. The molecule has 0 saturated heterocycles. The fraction of sp³-hybridized carbons (Fsp3) is 0.600. The molecule has 0 aliphatic heterocycles. The molecule has 0 aliphatic carbocycles. The summed E-state index contributed by atoms with van der Waals surface area (Å²) >= 11 is 0. The minimum Gasteiger partial charge on any atom is -0.493 e. The Hall–Kier alpha value is -1.46. The number of hydrogen-bond acceptors (Lipinski definition) is 5. The molecule has 114 valence electrons. The number of aliphatic hydroxyl groups is 1. The van der Waals surface area contributed by atoms with Crippen LogP contribution in [-0.4, -0.2) is 45.1 Å². The van der Waals surface area contributed by atoms with Crippen molar-refractivity contribution in [2.45, 2.75) is 20.0 Å². The second-order valence-electron chi connectivity index (χ2n) is 5.01. The average Bonchev–Trinajstić information content (AvgIpc) is 2.44. The van der Waals surface area contributed by atoms with Crippen molar-refractivity contribution < 1.29 is 19.3 Å². The molecule has 0 amide bonds. The van der Waals surface area contributed by atoms with E-state index in [1.54, 1.807) is 26.4 Å². The van der Waals surface area contributed by atoms with E-state index < -0.39 is 6.10 Å². The Morgan fingerprint density at radius 1 is 1.10 bits per heavy atom. The van der Waals surface area contributed by atoms with E-state index in [4.69, 9.17) is 14.2 Å². The highest BCUT2D eigenvalue weighted by Crippen LogP contribution is 2.36. The van der Waals surface area contributed by atoms with Gasteiger partial charge in [0.05, 0.1) is 14.2 Å². The molecule has 0 heterocycles. The van der Waals surface area contributed by atoms with Gasteiger partial charge in [-0.2, -0.15) is 0 Å². The Kier molecular flexibility index (Phi) is 7.18. The SMILES string of the molecule is COc1cccc(OC)c1OCC(O)CNCC(C)C. The summed E-state index contributed by atoms with van der Waals surface area (Å²) in [6, 6.07) is 5.41. The lowest BCUT2D eigenvalue weighted by Gasteiger charge is -2.17. The van der Waals surface area contributed by atoms with Gasteiger partial charge < -0.3 is 24.6 Å². The monoisotopic (exact) mass is 283 g/mol. The topological polar surface area (TPSA) is 60.0 Å². The molecule has 0 radical (unpaired) electrons. The van der Waals surface area contributed by atoms with Gasteiger partial charge in [-0.3, -0.25) is 0 Å². The normalized spacial score (nSPS) is 12.3. The molecule has 1 unspecified atom stereocenters. The van der Waals surface area contributed by atoms with Crippen LogP contribution in [0.5, 0.6) is 17.2 Å². The van der Waals surface area contributed by atoms with Gasteiger partial charge in [-0.25, -0.2) is 0 Å². The summed E-state index contributed by atoms with van der Waals surface area (Å²) in [5.41, 5.74) is 0. The molecule has 0 aliphatic rings. The van der Waals surface area contributed by atoms with Gasteiger partial charge in [-0.15, -0.1) is 0 Å². The number of benzene rings is 1. The van der Waals surface area contributed by atoms with Crippen molar-refractivity contribution in [3.63, 3.8) is 0 Å². The van der Waals surface area contributed by atoms with Crippen LogP contribution in [-0.2, 0) is 0 Å². The Labute approximate surface area is 120 Å². The zero-order valence-corrected chi connectivity index (χ0v) is 12.7. The minimum atomic E-state index is -0.580. The van der Waals surface area contributed by atoms with Gasteiger partial charge >= 0.3 is 0 Å². The summed E-state index contributed by atoms with van der Waals surface area (Å²) in [6.45, 7) is 5.79. The number of methoxy groups -OCH3 is 2. The minimum absolute atomic E-state index is 0.182. The first-order valence-electron chi connectivity index (χ1n) is 6.81. The highest BCUT2D eigenvalue weighted by atomic mass is 16.5. The summed E-state index contributed by atoms with van der Waals surface area (Å²) in [5, 5.41) is 13.1. The summed E-state index contributed by atoms with van der Waals surface area (Å²) in [4.78, 5) is 0. The van der Waals surface area contributed by atoms with Crippen LogP contribution in [0.4, 0.5) is 0 Å². The summed E-state index contributed by atoms with van der Waals surface area (Å²) < 4.78 is 16.1.